The monoisotopic (exact) mass is 858 g/mol. The smallest absolute Gasteiger partial charge is 0.197 e. The molecule has 8 aliphatic rings. The van der Waals surface area contributed by atoms with Crippen LogP contribution in [0.25, 0.3) is 21.9 Å². The Bertz CT molecular complexity index is 2790. The molecule has 310 valence electrons. The Morgan fingerprint density at radius 1 is 0.492 bits per heavy atom. The maximum Gasteiger partial charge on any atom is 0.197 e. The Kier molecular flexibility index (Phi) is 8.45. The van der Waals surface area contributed by atoms with Crippen molar-refractivity contribution in [1.29, 1.82) is 0 Å². The van der Waals surface area contributed by atoms with Gasteiger partial charge in [0.05, 0.1) is 18.8 Å². The Labute approximate surface area is 359 Å². The summed E-state index contributed by atoms with van der Waals surface area (Å²) in [6, 6.07) is 3.81. The molecule has 12 rings (SSSR count). The molecule has 0 unspecified atom stereocenters. The van der Waals surface area contributed by atoms with Crippen LogP contribution in [0, 0.1) is 23.3 Å². The molecule has 2 aromatic carbocycles. The van der Waals surface area contributed by atoms with Crippen LogP contribution in [0.2, 0.25) is 0 Å². The van der Waals surface area contributed by atoms with E-state index in [0.717, 1.165) is 125 Å². The summed E-state index contributed by atoms with van der Waals surface area (Å²) in [5.41, 5.74) is 7.75. The number of benzene rings is 2. The van der Waals surface area contributed by atoms with Gasteiger partial charge in [0, 0.05) is 58.0 Å². The minimum absolute atomic E-state index is 0.0161. The third kappa shape index (κ3) is 5.16. The molecule has 0 radical (unpaired) electrons. The number of Topliss-reactive ketones (excluding diaryl/α,β-unsaturated/α-hetero) is 3. The zero-order valence-corrected chi connectivity index (χ0v) is 35.2. The molecule has 7 aliphatic carbocycles. The number of carbonyl (C=O) groups is 3. The highest BCUT2D eigenvalue weighted by Crippen LogP contribution is 2.71. The zero-order valence-electron chi connectivity index (χ0n) is 33.6. The molecule has 3 spiro atoms. The van der Waals surface area contributed by atoms with Gasteiger partial charge in [-0.2, -0.15) is 0 Å². The highest BCUT2D eigenvalue weighted by Gasteiger charge is 2.58. The van der Waals surface area contributed by atoms with Crippen LogP contribution < -0.4 is 0 Å². The standard InChI is InChI=1S/C51H42F4O4S2/c52-34-17-26-24-59-25-27(44(56)30(26)21-35(34)53)16-28-19-38-40(49(28)10-4-1-5-11-49)42-47(60-38)48-43(51(42)14-8-3-9-15-51)41-39(61-48)20-29(50(41)12-6-2-7-13-50)18-33-45(57)31-22-36(54)37(55)23-32(31)46(33)58/h16-23H,1-15,24-25H2/b27-16+. The topological polar surface area (TPSA) is 60.4 Å². The van der Waals surface area contributed by atoms with Crippen molar-refractivity contribution in [2.45, 2.75) is 119 Å². The number of ether oxygens (including phenoxy) is 1. The summed E-state index contributed by atoms with van der Waals surface area (Å²) >= 11 is 3.73. The molecule has 4 nitrogen and oxygen atoms in total. The Morgan fingerprint density at radius 3 is 1.44 bits per heavy atom. The van der Waals surface area contributed by atoms with E-state index in [9.17, 15) is 31.9 Å². The SMILES string of the molecule is O=C1/C(=C/C2=Cc3sc4c(c3C23CCCCC3)C2(CCCCC2)c2c-4sc3c2C2(CCCCC2)C(C=C2C(=O)c4cc(F)c(F)cc4C2=O)=C3)COCc2cc(F)c(F)cc21. The summed E-state index contributed by atoms with van der Waals surface area (Å²) in [5, 5.41) is 0. The van der Waals surface area contributed by atoms with Crippen LogP contribution in [0.4, 0.5) is 17.6 Å². The lowest BCUT2D eigenvalue weighted by molar-refractivity contribution is 0.0981. The first-order chi connectivity index (χ1) is 29.5. The summed E-state index contributed by atoms with van der Waals surface area (Å²) < 4.78 is 63.4. The number of fused-ring (bicyclic) bond motifs is 13. The van der Waals surface area contributed by atoms with Gasteiger partial charge in [0.15, 0.2) is 40.6 Å². The van der Waals surface area contributed by atoms with Crippen molar-refractivity contribution in [3.63, 3.8) is 0 Å². The van der Waals surface area contributed by atoms with Crippen LogP contribution in [-0.4, -0.2) is 24.0 Å². The molecule has 0 saturated heterocycles. The van der Waals surface area contributed by atoms with Crippen molar-refractivity contribution in [2.75, 3.05) is 6.61 Å². The van der Waals surface area contributed by atoms with Gasteiger partial charge >= 0.3 is 0 Å². The third-order valence-corrected chi connectivity index (χ3v) is 18.1. The summed E-state index contributed by atoms with van der Waals surface area (Å²) in [4.78, 5) is 46.8. The van der Waals surface area contributed by atoms with Gasteiger partial charge in [-0.3, -0.25) is 14.4 Å². The number of allylic oxidation sites excluding steroid dienone is 5. The minimum Gasteiger partial charge on any atom is -0.372 e. The largest absolute Gasteiger partial charge is 0.372 e. The molecule has 2 aromatic heterocycles. The van der Waals surface area contributed by atoms with Gasteiger partial charge in [0.2, 0.25) is 0 Å². The lowest BCUT2D eigenvalue weighted by atomic mass is 9.58. The van der Waals surface area contributed by atoms with E-state index in [1.54, 1.807) is 6.08 Å². The predicted octanol–water partition coefficient (Wildman–Crippen LogP) is 13.1. The van der Waals surface area contributed by atoms with Crippen LogP contribution in [0.1, 0.15) is 165 Å². The molecule has 0 bridgehead atoms. The van der Waals surface area contributed by atoms with Crippen molar-refractivity contribution >= 4 is 52.2 Å². The van der Waals surface area contributed by atoms with Gasteiger partial charge in [-0.25, -0.2) is 17.6 Å². The zero-order chi connectivity index (χ0) is 41.6. The van der Waals surface area contributed by atoms with E-state index < -0.39 is 34.8 Å². The van der Waals surface area contributed by atoms with E-state index in [4.69, 9.17) is 4.74 Å². The van der Waals surface area contributed by atoms with Gasteiger partial charge in [-0.1, -0.05) is 57.8 Å². The fourth-order valence-electron chi connectivity index (χ4n) is 13.0. The van der Waals surface area contributed by atoms with E-state index in [2.05, 4.69) is 12.2 Å². The second-order valence-electron chi connectivity index (χ2n) is 18.7. The molecular weight excluding hydrogens is 817 g/mol. The van der Waals surface area contributed by atoms with Crippen LogP contribution >= 0.6 is 22.7 Å². The van der Waals surface area contributed by atoms with Crippen molar-refractivity contribution in [3.8, 4) is 9.75 Å². The molecule has 1 aliphatic heterocycles. The second-order valence-corrected chi connectivity index (χ2v) is 20.8. The Morgan fingerprint density at radius 2 is 0.934 bits per heavy atom. The Balaban J connectivity index is 1.00. The fraction of sp³-hybridized carbons (Fsp3) is 0.392. The first-order valence-electron chi connectivity index (χ1n) is 22.0. The highest BCUT2D eigenvalue weighted by atomic mass is 32.1. The van der Waals surface area contributed by atoms with Gasteiger partial charge in [0.25, 0.3) is 0 Å². The Hall–Kier alpha value is -4.51. The van der Waals surface area contributed by atoms with E-state index in [-0.39, 0.29) is 57.5 Å². The first-order valence-corrected chi connectivity index (χ1v) is 23.6. The second kappa shape index (κ2) is 13.5. The molecule has 61 heavy (non-hydrogen) atoms. The van der Waals surface area contributed by atoms with Crippen LogP contribution in [0.3, 0.4) is 0 Å². The molecule has 0 N–H and O–H groups in total. The first kappa shape index (κ1) is 38.2. The number of halogens is 4. The number of rotatable bonds is 2. The molecule has 0 atom stereocenters. The average Bonchev–Trinajstić information content (AvgIpc) is 4.04. The van der Waals surface area contributed by atoms with Crippen LogP contribution in [-0.2, 0) is 27.6 Å². The van der Waals surface area contributed by atoms with E-state index >= 15 is 0 Å². The predicted molar refractivity (Wildman–Crippen MR) is 229 cm³/mol. The highest BCUT2D eigenvalue weighted by molar-refractivity contribution is 7.23. The maximum atomic E-state index is 14.5. The molecule has 4 aromatic rings. The van der Waals surface area contributed by atoms with Crippen molar-refractivity contribution in [2.24, 2.45) is 0 Å². The van der Waals surface area contributed by atoms with Gasteiger partial charge in [0.1, 0.15) is 0 Å². The molecule has 10 heteroatoms. The quantitative estimate of drug-likeness (QED) is 0.114. The summed E-state index contributed by atoms with van der Waals surface area (Å²) in [5.74, 6) is -5.73. The number of hydrogen-bond acceptors (Lipinski definition) is 6. The minimum atomic E-state index is -1.14. The average molecular weight is 859 g/mol. The molecule has 3 saturated carbocycles. The number of hydrogen-bond donors (Lipinski definition) is 0. The van der Waals surface area contributed by atoms with Crippen LogP contribution in [0.15, 0.2) is 58.7 Å². The number of thiophene rings is 2. The van der Waals surface area contributed by atoms with E-state index in [1.807, 2.05) is 28.7 Å². The molecule has 3 fully saturated rings. The maximum absolute atomic E-state index is 14.5. The number of carbonyl (C=O) groups excluding carboxylic acids is 3. The lowest BCUT2D eigenvalue weighted by Crippen LogP contribution is -2.37. The fourth-order valence-corrected chi connectivity index (χ4v) is 16.0. The molecule has 3 heterocycles. The van der Waals surface area contributed by atoms with Crippen molar-refractivity contribution in [1.82, 2.24) is 0 Å². The van der Waals surface area contributed by atoms with Crippen LogP contribution in [0.5, 0.6) is 0 Å². The summed E-state index contributed by atoms with van der Waals surface area (Å²) in [6.07, 6.45) is 24.0. The summed E-state index contributed by atoms with van der Waals surface area (Å²) in [7, 11) is 0. The normalized spacial score (nSPS) is 23.2. The van der Waals surface area contributed by atoms with Crippen molar-refractivity contribution in [3.05, 3.63) is 136 Å². The molecule has 0 amide bonds. The third-order valence-electron chi connectivity index (χ3n) is 15.7. The van der Waals surface area contributed by atoms with E-state index in [0.29, 0.717) is 11.1 Å². The molecular formula is C51H42F4O4S2. The van der Waals surface area contributed by atoms with Gasteiger partial charge < -0.3 is 4.74 Å². The number of ketones is 3. The summed E-state index contributed by atoms with van der Waals surface area (Å²) in [6.45, 7) is 0.0964. The van der Waals surface area contributed by atoms with Gasteiger partial charge in [-0.05, 0) is 126 Å². The lowest BCUT2D eigenvalue weighted by Gasteiger charge is -2.44. The van der Waals surface area contributed by atoms with Crippen molar-refractivity contribution < 1.29 is 36.7 Å². The van der Waals surface area contributed by atoms with Gasteiger partial charge in [-0.15, -0.1) is 22.7 Å². The van der Waals surface area contributed by atoms with E-state index in [1.165, 1.54) is 48.2 Å².